The van der Waals surface area contributed by atoms with Crippen LogP contribution in [0.2, 0.25) is 10.0 Å². The topological polar surface area (TPSA) is 55.1 Å². The minimum atomic E-state index is -0.371. The fourth-order valence-corrected chi connectivity index (χ4v) is 2.34. The minimum absolute atomic E-state index is 0.287. The van der Waals surface area contributed by atoms with Crippen molar-refractivity contribution in [3.8, 4) is 11.3 Å². The Balaban J connectivity index is 1.91. The number of hydrogen-bond donors (Lipinski definition) is 1. The number of benzene rings is 2. The third-order valence-corrected chi connectivity index (χ3v) is 3.88. The first-order valence-electron chi connectivity index (χ1n) is 6.42. The van der Waals surface area contributed by atoms with Crippen molar-refractivity contribution in [2.24, 2.45) is 0 Å². The monoisotopic (exact) mass is 332 g/mol. The first-order chi connectivity index (χ1) is 10.7. The van der Waals surface area contributed by atoms with Gasteiger partial charge in [-0.05, 0) is 12.1 Å². The molecule has 3 rings (SSSR count). The molecule has 6 heteroatoms. The average molecular weight is 333 g/mol. The predicted octanol–water partition coefficient (Wildman–Crippen LogP) is 4.90. The van der Waals surface area contributed by atoms with Gasteiger partial charge in [0.25, 0.3) is 5.91 Å². The van der Waals surface area contributed by atoms with Crippen LogP contribution in [0.4, 0.5) is 5.69 Å². The number of amides is 1. The van der Waals surface area contributed by atoms with E-state index in [1.165, 1.54) is 6.26 Å². The van der Waals surface area contributed by atoms with Crippen LogP contribution in [0.3, 0.4) is 0 Å². The molecule has 1 amide bonds. The molecule has 0 spiro atoms. The number of carbonyl (C=O) groups excluding carboxylic acids is 1. The van der Waals surface area contributed by atoms with Crippen LogP contribution in [-0.2, 0) is 0 Å². The van der Waals surface area contributed by atoms with Crippen LogP contribution in [-0.4, -0.2) is 11.1 Å². The Morgan fingerprint density at radius 3 is 2.59 bits per heavy atom. The van der Waals surface area contributed by atoms with Crippen molar-refractivity contribution in [2.75, 3.05) is 5.32 Å². The third-order valence-electron chi connectivity index (χ3n) is 3.06. The van der Waals surface area contributed by atoms with Gasteiger partial charge in [0, 0.05) is 5.56 Å². The van der Waals surface area contributed by atoms with Crippen LogP contribution in [0.15, 0.2) is 59.3 Å². The Hall–Kier alpha value is -2.30. The Kier molecular flexibility index (Phi) is 4.13. The van der Waals surface area contributed by atoms with Crippen molar-refractivity contribution >= 4 is 34.8 Å². The SMILES string of the molecule is O=C(Nc1cccc(Cl)c1Cl)c1conc1-c1ccccc1. The quantitative estimate of drug-likeness (QED) is 0.742. The first-order valence-corrected chi connectivity index (χ1v) is 7.17. The van der Waals surface area contributed by atoms with Crippen LogP contribution in [0.1, 0.15) is 10.4 Å². The molecule has 0 fully saturated rings. The number of anilines is 1. The van der Waals surface area contributed by atoms with Crippen LogP contribution in [0.5, 0.6) is 0 Å². The van der Waals surface area contributed by atoms with E-state index in [-0.39, 0.29) is 10.9 Å². The molecular weight excluding hydrogens is 323 g/mol. The fourth-order valence-electron chi connectivity index (χ4n) is 1.99. The highest BCUT2D eigenvalue weighted by molar-refractivity contribution is 6.44. The van der Waals surface area contributed by atoms with Gasteiger partial charge in [-0.15, -0.1) is 0 Å². The zero-order valence-electron chi connectivity index (χ0n) is 11.2. The second kappa shape index (κ2) is 6.22. The molecule has 0 unspecified atom stereocenters. The molecule has 0 saturated carbocycles. The molecule has 1 heterocycles. The second-order valence-electron chi connectivity index (χ2n) is 4.50. The molecule has 3 aromatic rings. The van der Waals surface area contributed by atoms with E-state index in [2.05, 4.69) is 10.5 Å². The summed E-state index contributed by atoms with van der Waals surface area (Å²) in [5, 5.41) is 7.26. The lowest BCUT2D eigenvalue weighted by Crippen LogP contribution is -2.12. The highest BCUT2D eigenvalue weighted by Gasteiger charge is 2.18. The average Bonchev–Trinajstić information content (AvgIpc) is 3.02. The van der Waals surface area contributed by atoms with Crippen molar-refractivity contribution in [1.29, 1.82) is 0 Å². The number of nitrogens with one attached hydrogen (secondary N) is 1. The zero-order valence-corrected chi connectivity index (χ0v) is 12.7. The van der Waals surface area contributed by atoms with E-state index in [1.54, 1.807) is 18.2 Å². The van der Waals surface area contributed by atoms with Gasteiger partial charge in [0.15, 0.2) is 0 Å². The largest absolute Gasteiger partial charge is 0.363 e. The minimum Gasteiger partial charge on any atom is -0.363 e. The molecule has 1 N–H and O–H groups in total. The van der Waals surface area contributed by atoms with Crippen molar-refractivity contribution in [3.63, 3.8) is 0 Å². The van der Waals surface area contributed by atoms with Gasteiger partial charge in [-0.2, -0.15) is 0 Å². The van der Waals surface area contributed by atoms with Crippen molar-refractivity contribution in [2.45, 2.75) is 0 Å². The second-order valence-corrected chi connectivity index (χ2v) is 5.28. The van der Waals surface area contributed by atoms with E-state index in [0.29, 0.717) is 22.0 Å². The van der Waals surface area contributed by atoms with E-state index < -0.39 is 0 Å². The zero-order chi connectivity index (χ0) is 15.5. The number of carbonyl (C=O) groups is 1. The number of aromatic nitrogens is 1. The van der Waals surface area contributed by atoms with E-state index in [9.17, 15) is 4.79 Å². The number of nitrogens with zero attached hydrogens (tertiary/aromatic N) is 1. The lowest BCUT2D eigenvalue weighted by molar-refractivity contribution is 0.102. The standard InChI is InChI=1S/C16H10Cl2N2O2/c17-12-7-4-8-13(14(12)18)19-16(21)11-9-22-20-15(11)10-5-2-1-3-6-10/h1-9H,(H,19,21). The molecule has 0 aliphatic heterocycles. The predicted molar refractivity (Wildman–Crippen MR) is 86.4 cm³/mol. The highest BCUT2D eigenvalue weighted by Crippen LogP contribution is 2.30. The van der Waals surface area contributed by atoms with Crippen LogP contribution >= 0.6 is 23.2 Å². The molecule has 22 heavy (non-hydrogen) atoms. The lowest BCUT2D eigenvalue weighted by Gasteiger charge is -2.07. The number of hydrogen-bond acceptors (Lipinski definition) is 3. The molecule has 4 nitrogen and oxygen atoms in total. The van der Waals surface area contributed by atoms with Gasteiger partial charge in [-0.25, -0.2) is 0 Å². The fraction of sp³-hybridized carbons (Fsp3) is 0. The van der Waals surface area contributed by atoms with E-state index in [0.717, 1.165) is 5.56 Å². The summed E-state index contributed by atoms with van der Waals surface area (Å²) in [5.41, 5.74) is 2.01. The molecule has 1 aromatic heterocycles. The Bertz CT molecular complexity index is 816. The molecule has 2 aromatic carbocycles. The smallest absolute Gasteiger partial charge is 0.261 e. The molecular formula is C16H10Cl2N2O2. The van der Waals surface area contributed by atoms with E-state index >= 15 is 0 Å². The molecule has 0 saturated heterocycles. The van der Waals surface area contributed by atoms with Crippen LogP contribution < -0.4 is 5.32 Å². The first kappa shape index (κ1) is 14.6. The maximum atomic E-state index is 12.4. The van der Waals surface area contributed by atoms with Gasteiger partial charge in [-0.1, -0.05) is 64.8 Å². The van der Waals surface area contributed by atoms with Gasteiger partial charge >= 0.3 is 0 Å². The molecule has 0 aliphatic carbocycles. The summed E-state index contributed by atoms with van der Waals surface area (Å²) in [5.74, 6) is -0.371. The van der Waals surface area contributed by atoms with E-state index in [1.807, 2.05) is 30.3 Å². The summed E-state index contributed by atoms with van der Waals surface area (Å²) in [7, 11) is 0. The summed E-state index contributed by atoms with van der Waals surface area (Å²) >= 11 is 12.0. The van der Waals surface area contributed by atoms with Gasteiger partial charge < -0.3 is 9.84 Å². The van der Waals surface area contributed by atoms with Gasteiger partial charge in [0.1, 0.15) is 17.5 Å². The van der Waals surface area contributed by atoms with Crippen LogP contribution in [0.25, 0.3) is 11.3 Å². The Morgan fingerprint density at radius 1 is 1.05 bits per heavy atom. The van der Waals surface area contributed by atoms with Gasteiger partial charge in [-0.3, -0.25) is 4.79 Å². The maximum Gasteiger partial charge on any atom is 0.261 e. The number of halogens is 2. The maximum absolute atomic E-state index is 12.4. The molecule has 0 atom stereocenters. The number of rotatable bonds is 3. The third kappa shape index (κ3) is 2.84. The summed E-state index contributed by atoms with van der Waals surface area (Å²) in [6.45, 7) is 0. The van der Waals surface area contributed by atoms with Crippen molar-refractivity contribution in [3.05, 3.63) is 70.4 Å². The molecule has 110 valence electrons. The molecule has 0 radical (unpaired) electrons. The van der Waals surface area contributed by atoms with Crippen LogP contribution in [0, 0.1) is 0 Å². The lowest BCUT2D eigenvalue weighted by atomic mass is 10.1. The van der Waals surface area contributed by atoms with Gasteiger partial charge in [0.2, 0.25) is 0 Å². The summed E-state index contributed by atoms with van der Waals surface area (Å²) in [6.07, 6.45) is 1.30. The highest BCUT2D eigenvalue weighted by atomic mass is 35.5. The Morgan fingerprint density at radius 2 is 1.82 bits per heavy atom. The Labute approximate surface area is 136 Å². The summed E-state index contributed by atoms with van der Waals surface area (Å²) in [4.78, 5) is 12.4. The van der Waals surface area contributed by atoms with Gasteiger partial charge in [0.05, 0.1) is 15.7 Å². The van der Waals surface area contributed by atoms with E-state index in [4.69, 9.17) is 27.7 Å². The van der Waals surface area contributed by atoms with Crippen molar-refractivity contribution < 1.29 is 9.32 Å². The molecule has 0 bridgehead atoms. The summed E-state index contributed by atoms with van der Waals surface area (Å²) < 4.78 is 4.94. The summed E-state index contributed by atoms with van der Waals surface area (Å²) in [6, 6.07) is 14.3. The van der Waals surface area contributed by atoms with Crippen molar-refractivity contribution in [1.82, 2.24) is 5.16 Å². The molecule has 0 aliphatic rings. The normalized spacial score (nSPS) is 10.5.